The van der Waals surface area contributed by atoms with Crippen molar-refractivity contribution in [1.82, 2.24) is 4.90 Å². The van der Waals surface area contributed by atoms with Crippen LogP contribution in [0.3, 0.4) is 0 Å². The summed E-state index contributed by atoms with van der Waals surface area (Å²) >= 11 is 0. The van der Waals surface area contributed by atoms with Crippen molar-refractivity contribution >= 4 is 0 Å². The maximum absolute atomic E-state index is 5.95. The second kappa shape index (κ2) is 6.18. The van der Waals surface area contributed by atoms with Gasteiger partial charge in [0.1, 0.15) is 5.75 Å². The SMILES string of the molecule is COc1cccc(C(CN)N2CCOC(C)C2)c1. The van der Waals surface area contributed by atoms with E-state index in [0.29, 0.717) is 6.54 Å². The fraction of sp³-hybridized carbons (Fsp3) is 0.571. The predicted octanol–water partition coefficient (Wildman–Crippen LogP) is 1.42. The van der Waals surface area contributed by atoms with E-state index in [1.54, 1.807) is 7.11 Å². The fourth-order valence-corrected chi connectivity index (χ4v) is 2.47. The Morgan fingerprint density at radius 3 is 3.06 bits per heavy atom. The van der Waals surface area contributed by atoms with E-state index in [1.807, 2.05) is 12.1 Å². The van der Waals surface area contributed by atoms with Gasteiger partial charge >= 0.3 is 0 Å². The maximum atomic E-state index is 5.95. The van der Waals surface area contributed by atoms with E-state index in [4.69, 9.17) is 15.2 Å². The van der Waals surface area contributed by atoms with E-state index in [9.17, 15) is 0 Å². The molecule has 0 spiro atoms. The van der Waals surface area contributed by atoms with Crippen molar-refractivity contribution in [1.29, 1.82) is 0 Å². The highest BCUT2D eigenvalue weighted by molar-refractivity contribution is 5.30. The van der Waals surface area contributed by atoms with Crippen LogP contribution in [0.4, 0.5) is 0 Å². The Morgan fingerprint density at radius 2 is 2.39 bits per heavy atom. The van der Waals surface area contributed by atoms with Crippen molar-refractivity contribution in [3.8, 4) is 5.75 Å². The second-order valence-corrected chi connectivity index (χ2v) is 4.70. The van der Waals surface area contributed by atoms with Crippen LogP contribution in [-0.4, -0.2) is 44.4 Å². The third-order valence-electron chi connectivity index (χ3n) is 3.42. The van der Waals surface area contributed by atoms with Crippen LogP contribution in [-0.2, 0) is 4.74 Å². The lowest BCUT2D eigenvalue weighted by Crippen LogP contribution is -2.45. The van der Waals surface area contributed by atoms with Crippen LogP contribution in [0.5, 0.6) is 5.75 Å². The first-order chi connectivity index (χ1) is 8.74. The lowest BCUT2D eigenvalue weighted by atomic mass is 10.0. The highest BCUT2D eigenvalue weighted by Crippen LogP contribution is 2.25. The van der Waals surface area contributed by atoms with E-state index >= 15 is 0 Å². The van der Waals surface area contributed by atoms with Crippen LogP contribution >= 0.6 is 0 Å². The summed E-state index contributed by atoms with van der Waals surface area (Å²) in [6.45, 7) is 5.36. The summed E-state index contributed by atoms with van der Waals surface area (Å²) in [4.78, 5) is 2.39. The van der Waals surface area contributed by atoms with E-state index in [2.05, 4.69) is 24.0 Å². The third kappa shape index (κ3) is 3.02. The lowest BCUT2D eigenvalue weighted by Gasteiger charge is -2.37. The Kier molecular flexibility index (Phi) is 4.58. The molecule has 2 rings (SSSR count). The predicted molar refractivity (Wildman–Crippen MR) is 71.8 cm³/mol. The molecule has 4 nitrogen and oxygen atoms in total. The van der Waals surface area contributed by atoms with Gasteiger partial charge in [-0.1, -0.05) is 12.1 Å². The smallest absolute Gasteiger partial charge is 0.119 e. The normalized spacial score (nSPS) is 22.7. The molecule has 1 aliphatic rings. The van der Waals surface area contributed by atoms with Crippen LogP contribution in [0.1, 0.15) is 18.5 Å². The summed E-state index contributed by atoms with van der Waals surface area (Å²) in [5, 5.41) is 0. The third-order valence-corrected chi connectivity index (χ3v) is 3.42. The fourth-order valence-electron chi connectivity index (χ4n) is 2.47. The van der Waals surface area contributed by atoms with Crippen molar-refractivity contribution < 1.29 is 9.47 Å². The van der Waals surface area contributed by atoms with E-state index in [1.165, 1.54) is 5.56 Å². The molecule has 0 bridgehead atoms. The topological polar surface area (TPSA) is 47.7 Å². The van der Waals surface area contributed by atoms with Crippen molar-refractivity contribution in [3.05, 3.63) is 29.8 Å². The van der Waals surface area contributed by atoms with Gasteiger partial charge in [0.2, 0.25) is 0 Å². The molecule has 2 N–H and O–H groups in total. The minimum Gasteiger partial charge on any atom is -0.497 e. The Bertz CT molecular complexity index is 384. The summed E-state index contributed by atoms with van der Waals surface area (Å²) in [5.74, 6) is 0.882. The molecule has 1 aliphatic heterocycles. The number of methoxy groups -OCH3 is 1. The van der Waals surface area contributed by atoms with Gasteiger partial charge in [-0.25, -0.2) is 0 Å². The zero-order valence-electron chi connectivity index (χ0n) is 11.1. The Morgan fingerprint density at radius 1 is 1.56 bits per heavy atom. The monoisotopic (exact) mass is 250 g/mol. The summed E-state index contributed by atoms with van der Waals surface area (Å²) in [6.07, 6.45) is 0.276. The molecule has 18 heavy (non-hydrogen) atoms. The second-order valence-electron chi connectivity index (χ2n) is 4.70. The number of hydrogen-bond acceptors (Lipinski definition) is 4. The number of nitrogens with two attached hydrogens (primary N) is 1. The Labute approximate surface area is 109 Å². The Balaban J connectivity index is 2.16. The molecule has 2 atom stereocenters. The van der Waals surface area contributed by atoms with Gasteiger partial charge in [0.15, 0.2) is 0 Å². The van der Waals surface area contributed by atoms with Crippen molar-refractivity contribution in [2.45, 2.75) is 19.1 Å². The molecule has 0 aromatic heterocycles. The average molecular weight is 250 g/mol. The molecule has 1 heterocycles. The summed E-state index contributed by atoms with van der Waals surface area (Å²) < 4.78 is 10.9. The van der Waals surface area contributed by atoms with Gasteiger partial charge in [0.25, 0.3) is 0 Å². The molecule has 1 aromatic carbocycles. The molecular weight excluding hydrogens is 228 g/mol. The van der Waals surface area contributed by atoms with Crippen molar-refractivity contribution in [2.24, 2.45) is 5.73 Å². The first-order valence-electron chi connectivity index (χ1n) is 6.44. The summed E-state index contributed by atoms with van der Waals surface area (Å²) in [7, 11) is 1.69. The lowest BCUT2D eigenvalue weighted by molar-refractivity contribution is -0.0333. The minimum absolute atomic E-state index is 0.242. The number of benzene rings is 1. The first-order valence-corrected chi connectivity index (χ1v) is 6.44. The maximum Gasteiger partial charge on any atom is 0.119 e. The number of ether oxygens (including phenoxy) is 2. The molecule has 4 heteroatoms. The van der Waals surface area contributed by atoms with Crippen LogP contribution in [0, 0.1) is 0 Å². The van der Waals surface area contributed by atoms with Crippen LogP contribution < -0.4 is 10.5 Å². The molecule has 100 valence electrons. The van der Waals surface area contributed by atoms with E-state index in [0.717, 1.165) is 25.4 Å². The number of hydrogen-bond donors (Lipinski definition) is 1. The van der Waals surface area contributed by atoms with Crippen LogP contribution in [0.25, 0.3) is 0 Å². The van der Waals surface area contributed by atoms with Crippen LogP contribution in [0.2, 0.25) is 0 Å². The highest BCUT2D eigenvalue weighted by Gasteiger charge is 2.24. The first kappa shape index (κ1) is 13.3. The highest BCUT2D eigenvalue weighted by atomic mass is 16.5. The van der Waals surface area contributed by atoms with Gasteiger partial charge < -0.3 is 15.2 Å². The van der Waals surface area contributed by atoms with Gasteiger partial charge in [-0.3, -0.25) is 4.90 Å². The molecule has 1 saturated heterocycles. The molecule has 0 radical (unpaired) electrons. The largest absolute Gasteiger partial charge is 0.497 e. The molecule has 0 saturated carbocycles. The molecule has 1 fully saturated rings. The number of morpholine rings is 1. The number of rotatable bonds is 4. The quantitative estimate of drug-likeness (QED) is 0.878. The number of nitrogens with zero attached hydrogens (tertiary/aromatic N) is 1. The molecule has 0 amide bonds. The van der Waals surface area contributed by atoms with Crippen molar-refractivity contribution in [2.75, 3.05) is 33.4 Å². The van der Waals surface area contributed by atoms with Gasteiger partial charge in [-0.2, -0.15) is 0 Å². The minimum atomic E-state index is 0.242. The zero-order chi connectivity index (χ0) is 13.0. The molecule has 2 unspecified atom stereocenters. The van der Waals surface area contributed by atoms with E-state index < -0.39 is 0 Å². The molecular formula is C14H22N2O2. The zero-order valence-corrected chi connectivity index (χ0v) is 11.1. The van der Waals surface area contributed by atoms with Gasteiger partial charge in [-0.05, 0) is 24.6 Å². The van der Waals surface area contributed by atoms with E-state index in [-0.39, 0.29) is 12.1 Å². The summed E-state index contributed by atoms with van der Waals surface area (Å²) in [5.41, 5.74) is 7.16. The standard InChI is InChI=1S/C14H22N2O2/c1-11-10-16(6-7-18-11)14(9-15)12-4-3-5-13(8-12)17-2/h3-5,8,11,14H,6-7,9-10,15H2,1-2H3. The molecule has 1 aromatic rings. The van der Waals surface area contributed by atoms with Gasteiger partial charge in [-0.15, -0.1) is 0 Å². The van der Waals surface area contributed by atoms with Crippen LogP contribution in [0.15, 0.2) is 24.3 Å². The molecule has 0 aliphatic carbocycles. The van der Waals surface area contributed by atoms with Crippen molar-refractivity contribution in [3.63, 3.8) is 0 Å². The van der Waals surface area contributed by atoms with Gasteiger partial charge in [0.05, 0.1) is 19.8 Å². The van der Waals surface area contributed by atoms with Gasteiger partial charge in [0, 0.05) is 25.7 Å². The summed E-state index contributed by atoms with van der Waals surface area (Å²) in [6, 6.07) is 8.39. The Hall–Kier alpha value is -1.10. The average Bonchev–Trinajstić information content (AvgIpc) is 2.40.